The van der Waals surface area contributed by atoms with Gasteiger partial charge in [-0.25, -0.2) is 0 Å². The van der Waals surface area contributed by atoms with Crippen LogP contribution in [0.3, 0.4) is 0 Å². The SMILES string of the molecule is CCc1cc(O)cc2c1C(CC)CCC2. The van der Waals surface area contributed by atoms with Crippen LogP contribution in [0.25, 0.3) is 0 Å². The molecule has 1 nitrogen and oxygen atoms in total. The first-order valence-electron chi connectivity index (χ1n) is 6.10. The lowest BCUT2D eigenvalue weighted by atomic mass is 9.78. The summed E-state index contributed by atoms with van der Waals surface area (Å²) in [6, 6.07) is 3.92. The summed E-state index contributed by atoms with van der Waals surface area (Å²) in [7, 11) is 0. The molecule has 1 heteroatoms. The molecule has 0 spiro atoms. The second-order valence-electron chi connectivity index (χ2n) is 4.53. The van der Waals surface area contributed by atoms with Gasteiger partial charge in [-0.2, -0.15) is 0 Å². The predicted octanol–water partition coefficient (Wildman–Crippen LogP) is 3.78. The van der Waals surface area contributed by atoms with E-state index in [0.29, 0.717) is 5.75 Å². The van der Waals surface area contributed by atoms with Gasteiger partial charge in [-0.1, -0.05) is 13.8 Å². The zero-order valence-corrected chi connectivity index (χ0v) is 9.71. The normalized spacial score (nSPS) is 20.0. The Hall–Kier alpha value is -0.980. The van der Waals surface area contributed by atoms with Crippen LogP contribution in [0, 0.1) is 0 Å². The summed E-state index contributed by atoms with van der Waals surface area (Å²) in [6.45, 7) is 4.45. The van der Waals surface area contributed by atoms with E-state index in [1.54, 1.807) is 5.56 Å². The van der Waals surface area contributed by atoms with E-state index >= 15 is 0 Å². The van der Waals surface area contributed by atoms with Crippen LogP contribution in [0.4, 0.5) is 0 Å². The van der Waals surface area contributed by atoms with Crippen LogP contribution in [0.15, 0.2) is 12.1 Å². The van der Waals surface area contributed by atoms with E-state index in [4.69, 9.17) is 0 Å². The molecule has 0 bridgehead atoms. The molecule has 1 N–H and O–H groups in total. The van der Waals surface area contributed by atoms with E-state index in [1.807, 2.05) is 12.1 Å². The quantitative estimate of drug-likeness (QED) is 0.777. The monoisotopic (exact) mass is 204 g/mol. The van der Waals surface area contributed by atoms with E-state index < -0.39 is 0 Å². The van der Waals surface area contributed by atoms with Crippen molar-refractivity contribution in [3.63, 3.8) is 0 Å². The van der Waals surface area contributed by atoms with Gasteiger partial charge in [0.25, 0.3) is 0 Å². The van der Waals surface area contributed by atoms with Gasteiger partial charge in [0.1, 0.15) is 5.75 Å². The molecule has 15 heavy (non-hydrogen) atoms. The smallest absolute Gasteiger partial charge is 0.116 e. The van der Waals surface area contributed by atoms with E-state index in [9.17, 15) is 5.11 Å². The van der Waals surface area contributed by atoms with Crippen LogP contribution >= 0.6 is 0 Å². The van der Waals surface area contributed by atoms with Crippen molar-refractivity contribution < 1.29 is 5.11 Å². The summed E-state index contributed by atoms with van der Waals surface area (Å²) in [6.07, 6.45) is 6.00. The Balaban J connectivity index is 2.52. The number of aromatic hydroxyl groups is 1. The van der Waals surface area contributed by atoms with E-state index in [0.717, 1.165) is 18.8 Å². The maximum atomic E-state index is 9.66. The second kappa shape index (κ2) is 4.26. The molecule has 0 saturated carbocycles. The van der Waals surface area contributed by atoms with E-state index in [1.165, 1.54) is 30.4 Å². The third-order valence-corrected chi connectivity index (χ3v) is 3.62. The molecule has 1 aromatic carbocycles. The molecule has 0 amide bonds. The number of aryl methyl sites for hydroxylation is 2. The van der Waals surface area contributed by atoms with Crippen molar-refractivity contribution in [1.29, 1.82) is 0 Å². The highest BCUT2D eigenvalue weighted by Crippen LogP contribution is 2.38. The maximum absolute atomic E-state index is 9.66. The van der Waals surface area contributed by atoms with Gasteiger partial charge >= 0.3 is 0 Å². The molecule has 82 valence electrons. The van der Waals surface area contributed by atoms with Crippen LogP contribution in [0.1, 0.15) is 55.7 Å². The Morgan fingerprint density at radius 2 is 2.13 bits per heavy atom. The van der Waals surface area contributed by atoms with Gasteiger partial charge in [-0.3, -0.25) is 0 Å². The van der Waals surface area contributed by atoms with Crippen molar-refractivity contribution in [1.82, 2.24) is 0 Å². The minimum Gasteiger partial charge on any atom is -0.508 e. The fourth-order valence-corrected chi connectivity index (χ4v) is 2.88. The van der Waals surface area contributed by atoms with Crippen molar-refractivity contribution in [2.75, 3.05) is 0 Å². The molecule has 1 aliphatic carbocycles. The van der Waals surface area contributed by atoms with Crippen LogP contribution in [-0.4, -0.2) is 5.11 Å². The Morgan fingerprint density at radius 1 is 1.33 bits per heavy atom. The van der Waals surface area contributed by atoms with Gasteiger partial charge in [-0.15, -0.1) is 0 Å². The molecule has 0 aliphatic heterocycles. The molecule has 1 unspecified atom stereocenters. The molecule has 0 saturated heterocycles. The first-order valence-corrected chi connectivity index (χ1v) is 6.10. The zero-order chi connectivity index (χ0) is 10.8. The van der Waals surface area contributed by atoms with Gasteiger partial charge in [-0.05, 0) is 66.8 Å². The molecule has 0 radical (unpaired) electrons. The second-order valence-corrected chi connectivity index (χ2v) is 4.53. The molecule has 0 fully saturated rings. The summed E-state index contributed by atoms with van der Waals surface area (Å²) in [4.78, 5) is 0. The molecule has 1 atom stereocenters. The van der Waals surface area contributed by atoms with Crippen molar-refractivity contribution in [2.24, 2.45) is 0 Å². The first kappa shape index (κ1) is 10.5. The first-order chi connectivity index (χ1) is 7.26. The fraction of sp³-hybridized carbons (Fsp3) is 0.571. The molecular weight excluding hydrogens is 184 g/mol. The Labute approximate surface area is 92.1 Å². The molecule has 0 aromatic heterocycles. The summed E-state index contributed by atoms with van der Waals surface area (Å²) in [5.41, 5.74) is 4.30. The van der Waals surface area contributed by atoms with Gasteiger partial charge in [0.05, 0.1) is 0 Å². The number of hydrogen-bond acceptors (Lipinski definition) is 1. The van der Waals surface area contributed by atoms with Crippen LogP contribution in [0.5, 0.6) is 5.75 Å². The fourth-order valence-electron chi connectivity index (χ4n) is 2.88. The number of rotatable bonds is 2. The van der Waals surface area contributed by atoms with Crippen LogP contribution < -0.4 is 0 Å². The third-order valence-electron chi connectivity index (χ3n) is 3.62. The standard InChI is InChI=1S/C14H20O/c1-3-10-6-5-7-12-9-13(15)8-11(4-2)14(10)12/h8-10,15H,3-7H2,1-2H3. The Morgan fingerprint density at radius 3 is 2.80 bits per heavy atom. The van der Waals surface area contributed by atoms with Crippen molar-refractivity contribution >= 4 is 0 Å². The minimum absolute atomic E-state index is 0.447. The number of fused-ring (bicyclic) bond motifs is 1. The highest BCUT2D eigenvalue weighted by Gasteiger charge is 2.21. The Bertz CT molecular complexity index is 337. The van der Waals surface area contributed by atoms with E-state index in [2.05, 4.69) is 13.8 Å². The zero-order valence-electron chi connectivity index (χ0n) is 9.71. The highest BCUT2D eigenvalue weighted by molar-refractivity contribution is 5.45. The van der Waals surface area contributed by atoms with Crippen molar-refractivity contribution in [3.8, 4) is 5.75 Å². The van der Waals surface area contributed by atoms with Gasteiger partial charge in [0, 0.05) is 0 Å². The summed E-state index contributed by atoms with van der Waals surface area (Å²) >= 11 is 0. The molecular formula is C14H20O. The average Bonchev–Trinajstić information content (AvgIpc) is 2.26. The average molecular weight is 204 g/mol. The Kier molecular flexibility index (Phi) is 2.99. The third kappa shape index (κ3) is 1.88. The van der Waals surface area contributed by atoms with E-state index in [-0.39, 0.29) is 0 Å². The van der Waals surface area contributed by atoms with Crippen LogP contribution in [-0.2, 0) is 12.8 Å². The van der Waals surface area contributed by atoms with Crippen molar-refractivity contribution in [3.05, 3.63) is 28.8 Å². The lowest BCUT2D eigenvalue weighted by Crippen LogP contribution is -2.11. The number of phenolic OH excluding ortho intramolecular Hbond substituents is 1. The largest absolute Gasteiger partial charge is 0.508 e. The predicted molar refractivity (Wildman–Crippen MR) is 63.5 cm³/mol. The molecule has 0 heterocycles. The highest BCUT2D eigenvalue weighted by atomic mass is 16.3. The molecule has 1 aromatic rings. The van der Waals surface area contributed by atoms with Gasteiger partial charge in [0.2, 0.25) is 0 Å². The minimum atomic E-state index is 0.447. The number of hydrogen-bond donors (Lipinski definition) is 1. The van der Waals surface area contributed by atoms with Crippen molar-refractivity contribution in [2.45, 2.75) is 51.9 Å². The van der Waals surface area contributed by atoms with Gasteiger partial charge in [0.15, 0.2) is 0 Å². The lowest BCUT2D eigenvalue weighted by molar-refractivity contribution is 0.468. The van der Waals surface area contributed by atoms with Gasteiger partial charge < -0.3 is 5.11 Å². The summed E-state index contributed by atoms with van der Waals surface area (Å²) in [5, 5.41) is 9.66. The molecule has 2 rings (SSSR count). The summed E-state index contributed by atoms with van der Waals surface area (Å²) in [5.74, 6) is 1.17. The number of benzene rings is 1. The topological polar surface area (TPSA) is 20.2 Å². The summed E-state index contributed by atoms with van der Waals surface area (Å²) < 4.78 is 0. The van der Waals surface area contributed by atoms with Crippen LogP contribution in [0.2, 0.25) is 0 Å². The number of phenols is 1. The lowest BCUT2D eigenvalue weighted by Gasteiger charge is -2.27. The molecule has 1 aliphatic rings. The maximum Gasteiger partial charge on any atom is 0.116 e.